The molecular formula is C45H28N4S. The lowest BCUT2D eigenvalue weighted by atomic mass is 10.0. The van der Waals surface area contributed by atoms with Crippen molar-refractivity contribution in [3.05, 3.63) is 170 Å². The highest BCUT2D eigenvalue weighted by atomic mass is 32.1. The molecule has 0 amide bonds. The first-order valence-electron chi connectivity index (χ1n) is 20.9. The van der Waals surface area contributed by atoms with E-state index in [9.17, 15) is 1.37 Å². The van der Waals surface area contributed by atoms with Crippen molar-refractivity contribution in [2.75, 3.05) is 0 Å². The van der Waals surface area contributed by atoms with E-state index in [0.717, 1.165) is 39.2 Å². The summed E-state index contributed by atoms with van der Waals surface area (Å²) in [7, 11) is 0. The van der Waals surface area contributed by atoms with Crippen molar-refractivity contribution in [2.24, 2.45) is 0 Å². The molecule has 50 heavy (non-hydrogen) atoms. The van der Waals surface area contributed by atoms with Gasteiger partial charge >= 0.3 is 0 Å². The van der Waals surface area contributed by atoms with E-state index >= 15 is 0 Å². The van der Waals surface area contributed by atoms with Crippen molar-refractivity contribution in [1.29, 1.82) is 0 Å². The predicted molar refractivity (Wildman–Crippen MR) is 209 cm³/mol. The lowest BCUT2D eigenvalue weighted by molar-refractivity contribution is 1.07. The fourth-order valence-electron chi connectivity index (χ4n) is 6.40. The molecule has 0 spiro atoms. The number of thiophene rings is 1. The van der Waals surface area contributed by atoms with Gasteiger partial charge in [0.25, 0.3) is 0 Å². The van der Waals surface area contributed by atoms with Crippen molar-refractivity contribution in [3.8, 4) is 51.0 Å². The first-order valence-corrected chi connectivity index (χ1v) is 16.7. The second-order valence-corrected chi connectivity index (χ2v) is 12.7. The second kappa shape index (κ2) is 11.6. The number of aromatic nitrogens is 4. The zero-order chi connectivity index (χ0) is 41.7. The summed E-state index contributed by atoms with van der Waals surface area (Å²) in [6, 6.07) is 31.0. The van der Waals surface area contributed by atoms with Gasteiger partial charge in [-0.3, -0.25) is 0 Å². The van der Waals surface area contributed by atoms with E-state index in [-0.39, 0.29) is 68.0 Å². The van der Waals surface area contributed by atoms with E-state index in [1.54, 1.807) is 4.57 Å². The molecule has 4 nitrogen and oxygen atoms in total. The Bertz CT molecular complexity index is 3370. The molecule has 3 heterocycles. The van der Waals surface area contributed by atoms with Crippen LogP contribution in [0.4, 0.5) is 0 Å². The molecule has 0 aliphatic heterocycles. The third kappa shape index (κ3) is 4.71. The van der Waals surface area contributed by atoms with Gasteiger partial charge in [0, 0.05) is 48.6 Å². The van der Waals surface area contributed by atoms with Gasteiger partial charge in [0.1, 0.15) is 0 Å². The number of para-hydroxylation sites is 1. The Morgan fingerprint density at radius 3 is 1.76 bits per heavy atom. The minimum absolute atomic E-state index is 0.0762. The minimum Gasteiger partial charge on any atom is -0.308 e. The Hall–Kier alpha value is -6.43. The van der Waals surface area contributed by atoms with Crippen molar-refractivity contribution in [2.45, 2.75) is 0 Å². The first kappa shape index (κ1) is 20.2. The van der Waals surface area contributed by atoms with Crippen LogP contribution in [0.3, 0.4) is 0 Å². The second-order valence-electron chi connectivity index (χ2n) is 11.7. The molecule has 0 atom stereocenters. The van der Waals surface area contributed by atoms with Gasteiger partial charge in [0.2, 0.25) is 0 Å². The summed E-state index contributed by atoms with van der Waals surface area (Å²) in [5, 5.41) is 0.497. The molecule has 10 aromatic rings. The van der Waals surface area contributed by atoms with Crippen LogP contribution in [0.15, 0.2) is 170 Å². The van der Waals surface area contributed by atoms with Crippen molar-refractivity contribution in [1.82, 2.24) is 19.5 Å². The maximum Gasteiger partial charge on any atom is 0.164 e. The van der Waals surface area contributed by atoms with Crippen LogP contribution >= 0.6 is 11.3 Å². The van der Waals surface area contributed by atoms with Crippen LogP contribution < -0.4 is 0 Å². The fraction of sp³-hybridized carbons (Fsp3) is 0. The van der Waals surface area contributed by atoms with Gasteiger partial charge in [0.15, 0.2) is 17.5 Å². The topological polar surface area (TPSA) is 43.6 Å². The molecule has 234 valence electrons. The largest absolute Gasteiger partial charge is 0.308 e. The molecule has 10 rings (SSSR count). The molecular weight excluding hydrogens is 629 g/mol. The molecule has 0 fully saturated rings. The highest BCUT2D eigenvalue weighted by Gasteiger charge is 2.18. The number of benzene rings is 7. The Morgan fingerprint density at radius 2 is 1.04 bits per heavy atom. The summed E-state index contributed by atoms with van der Waals surface area (Å²) < 4.78 is 90.1. The highest BCUT2D eigenvalue weighted by molar-refractivity contribution is 7.26. The van der Waals surface area contributed by atoms with Gasteiger partial charge in [-0.25, -0.2) is 15.0 Å². The van der Waals surface area contributed by atoms with E-state index in [2.05, 4.69) is 0 Å². The highest BCUT2D eigenvalue weighted by Crippen LogP contribution is 2.43. The van der Waals surface area contributed by atoms with Crippen LogP contribution in [0.2, 0.25) is 0 Å². The van der Waals surface area contributed by atoms with Crippen LogP contribution in [0, 0.1) is 0 Å². The standard InChI is InChI=1S/C45H28N4S/c1-3-12-30(13-4-1)43-46-44(31-14-5-2-6-15-31)48-45(47-43)33-17-11-16-32(28-33)29-22-24-34(25-23-29)49-39-20-9-7-18-35(39)37-26-27-38-36-19-8-10-21-40(36)50-42(38)41(37)49/h1-28H/i7D,8D,9D,10D,18D,19D,20D,21D,26D,27D. The molecule has 0 unspecified atom stereocenters. The van der Waals surface area contributed by atoms with E-state index in [0.29, 0.717) is 33.4 Å². The van der Waals surface area contributed by atoms with Gasteiger partial charge in [-0.05, 0) is 41.4 Å². The van der Waals surface area contributed by atoms with Crippen LogP contribution in [0.5, 0.6) is 0 Å². The van der Waals surface area contributed by atoms with Crippen molar-refractivity contribution >= 4 is 53.3 Å². The molecule has 0 N–H and O–H groups in total. The summed E-state index contributed by atoms with van der Waals surface area (Å²) in [5.74, 6) is 1.57. The number of hydrogen-bond donors (Lipinski definition) is 0. The fourth-order valence-corrected chi connectivity index (χ4v) is 7.51. The molecule has 0 radical (unpaired) electrons. The van der Waals surface area contributed by atoms with E-state index in [1.165, 1.54) is 0 Å². The molecule has 7 aromatic carbocycles. The molecule has 0 saturated carbocycles. The lowest BCUT2D eigenvalue weighted by Crippen LogP contribution is -2.00. The van der Waals surface area contributed by atoms with E-state index in [1.807, 2.05) is 109 Å². The monoisotopic (exact) mass is 666 g/mol. The zero-order valence-corrected chi connectivity index (χ0v) is 26.9. The summed E-state index contributed by atoms with van der Waals surface area (Å²) in [5.41, 5.74) is 5.09. The predicted octanol–water partition coefficient (Wildman–Crippen LogP) is 12.0. The quantitative estimate of drug-likeness (QED) is 0.184. The van der Waals surface area contributed by atoms with Crippen LogP contribution in [0.1, 0.15) is 13.7 Å². The third-order valence-corrected chi connectivity index (χ3v) is 9.85. The van der Waals surface area contributed by atoms with Crippen LogP contribution in [0.25, 0.3) is 93.0 Å². The van der Waals surface area contributed by atoms with Gasteiger partial charge in [-0.2, -0.15) is 0 Å². The number of rotatable bonds is 5. The molecule has 0 saturated heterocycles. The van der Waals surface area contributed by atoms with Crippen LogP contribution in [-0.2, 0) is 0 Å². The zero-order valence-electron chi connectivity index (χ0n) is 36.1. The minimum atomic E-state index is -0.478. The maximum atomic E-state index is 9.26. The number of hydrogen-bond acceptors (Lipinski definition) is 4. The van der Waals surface area contributed by atoms with Gasteiger partial charge < -0.3 is 4.57 Å². The average Bonchev–Trinajstić information content (AvgIpc) is 3.87. The molecule has 3 aromatic heterocycles. The Morgan fingerprint density at radius 1 is 0.460 bits per heavy atom. The van der Waals surface area contributed by atoms with Crippen molar-refractivity contribution < 1.29 is 13.7 Å². The normalized spacial score (nSPS) is 14.4. The molecule has 0 aliphatic carbocycles. The van der Waals surface area contributed by atoms with E-state index in [4.69, 9.17) is 27.3 Å². The summed E-state index contributed by atoms with van der Waals surface area (Å²) >= 11 is 1.05. The maximum absolute atomic E-state index is 9.26. The third-order valence-electron chi connectivity index (χ3n) is 8.74. The number of fused-ring (bicyclic) bond motifs is 7. The summed E-state index contributed by atoms with van der Waals surface area (Å²) in [6.45, 7) is 0. The SMILES string of the molecule is [2H]c1c([2H])c([2H])c2c(sc3c2c([2H])c([2H])c2c4c([2H])c([2H])c([2H])c([2H])c4n(-c4ccc(-c5cccc(-c6nc(-c7ccccc7)nc(-c7ccccc7)n6)c5)cc4)c32)c1[2H]. The van der Waals surface area contributed by atoms with Crippen molar-refractivity contribution in [3.63, 3.8) is 0 Å². The van der Waals surface area contributed by atoms with E-state index < -0.39 is 24.2 Å². The van der Waals surface area contributed by atoms with Gasteiger partial charge in [0.05, 0.1) is 29.4 Å². The average molecular weight is 667 g/mol. The van der Waals surface area contributed by atoms with Gasteiger partial charge in [-0.15, -0.1) is 11.3 Å². The molecule has 5 heteroatoms. The first-order chi connectivity index (χ1) is 28.9. The Balaban J connectivity index is 1.18. The molecule has 0 aliphatic rings. The Kier molecular flexibility index (Phi) is 4.69. The van der Waals surface area contributed by atoms with Gasteiger partial charge in [-0.1, -0.05) is 139 Å². The number of nitrogens with zero attached hydrogens (tertiary/aromatic N) is 4. The summed E-state index contributed by atoms with van der Waals surface area (Å²) in [6.07, 6.45) is 0. The molecule has 0 bridgehead atoms. The van der Waals surface area contributed by atoms with Crippen LogP contribution in [-0.4, -0.2) is 19.5 Å². The Labute approximate surface area is 306 Å². The summed E-state index contributed by atoms with van der Waals surface area (Å²) in [4.78, 5) is 14.6. The lowest BCUT2D eigenvalue weighted by Gasteiger charge is -2.11. The smallest absolute Gasteiger partial charge is 0.164 e.